The van der Waals surface area contributed by atoms with Gasteiger partial charge in [0.1, 0.15) is 5.60 Å². The van der Waals surface area contributed by atoms with Gasteiger partial charge in [-0.3, -0.25) is 4.90 Å². The van der Waals surface area contributed by atoms with Crippen molar-refractivity contribution in [2.45, 2.75) is 122 Å². The zero-order valence-electron chi connectivity index (χ0n) is 22.7. The Kier molecular flexibility index (Phi) is 10.5. The smallest absolute Gasteiger partial charge is 0.410 e. The minimum absolute atomic E-state index is 0.162. The van der Waals surface area contributed by atoms with E-state index >= 15 is 0 Å². The Balaban J connectivity index is 1.41. The average molecular weight is 481 g/mol. The van der Waals surface area contributed by atoms with Crippen LogP contribution in [-0.4, -0.2) is 91.1 Å². The largest absolute Gasteiger partial charge is 0.444 e. The van der Waals surface area contributed by atoms with E-state index in [-0.39, 0.29) is 11.6 Å². The summed E-state index contributed by atoms with van der Waals surface area (Å²) in [5.41, 5.74) is -0.238. The van der Waals surface area contributed by atoms with Crippen LogP contribution in [0.2, 0.25) is 0 Å². The first kappa shape index (κ1) is 27.7. The lowest BCUT2D eigenvalue weighted by molar-refractivity contribution is -0.00896. The Labute approximate surface area is 208 Å². The van der Waals surface area contributed by atoms with Gasteiger partial charge in [-0.25, -0.2) is 4.79 Å². The molecule has 0 aromatic heterocycles. The second-order valence-electron chi connectivity index (χ2n) is 12.0. The number of likely N-dealkylation sites (tertiary alicyclic amines) is 2. The summed E-state index contributed by atoms with van der Waals surface area (Å²) in [6.45, 7) is 17.2. The Morgan fingerprint density at radius 3 is 2.29 bits per heavy atom. The van der Waals surface area contributed by atoms with Crippen molar-refractivity contribution in [1.82, 2.24) is 20.4 Å². The molecule has 0 aromatic carbocycles. The number of ether oxygens (including phenoxy) is 2. The molecule has 3 aliphatic heterocycles. The molecule has 0 radical (unpaired) electrons. The molecule has 1 atom stereocenters. The Morgan fingerprint density at radius 1 is 1.06 bits per heavy atom. The lowest BCUT2D eigenvalue weighted by Gasteiger charge is -2.49. The maximum Gasteiger partial charge on any atom is 0.410 e. The zero-order chi connectivity index (χ0) is 24.6. The van der Waals surface area contributed by atoms with Crippen LogP contribution >= 0.6 is 0 Å². The molecule has 3 saturated heterocycles. The molecule has 3 rings (SSSR count). The van der Waals surface area contributed by atoms with E-state index in [1.807, 2.05) is 25.7 Å². The standard InChI is InChI=1S/C27H52N4O3/c1-6-7-8-24(21-28-22-11-19-33-20-12-22)29-23-9-15-31(16-10-23)27(5)13-17-30(18-14-27)25(32)34-26(2,3)4/h22-24,28-29H,6-21H2,1-5H3. The van der Waals surface area contributed by atoms with Gasteiger partial charge >= 0.3 is 6.09 Å². The molecule has 3 fully saturated rings. The van der Waals surface area contributed by atoms with Gasteiger partial charge < -0.3 is 25.0 Å². The highest BCUT2D eigenvalue weighted by atomic mass is 16.6. The highest BCUT2D eigenvalue weighted by Crippen LogP contribution is 2.32. The molecular weight excluding hydrogens is 428 g/mol. The van der Waals surface area contributed by atoms with Crippen LogP contribution in [0.15, 0.2) is 0 Å². The summed E-state index contributed by atoms with van der Waals surface area (Å²) in [4.78, 5) is 17.0. The van der Waals surface area contributed by atoms with E-state index in [1.165, 1.54) is 32.1 Å². The summed E-state index contributed by atoms with van der Waals surface area (Å²) in [6.07, 6.45) is 10.4. The topological polar surface area (TPSA) is 66.1 Å². The van der Waals surface area contributed by atoms with Crippen LogP contribution in [0.1, 0.15) is 92.4 Å². The Morgan fingerprint density at radius 2 is 1.71 bits per heavy atom. The van der Waals surface area contributed by atoms with Gasteiger partial charge in [0.25, 0.3) is 0 Å². The van der Waals surface area contributed by atoms with E-state index in [9.17, 15) is 4.79 Å². The van der Waals surface area contributed by atoms with Crippen LogP contribution in [0, 0.1) is 0 Å². The zero-order valence-corrected chi connectivity index (χ0v) is 22.7. The monoisotopic (exact) mass is 480 g/mol. The third kappa shape index (κ3) is 8.65. The molecule has 1 unspecified atom stereocenters. The third-order valence-corrected chi connectivity index (χ3v) is 8.00. The van der Waals surface area contributed by atoms with Crippen molar-refractivity contribution in [2.24, 2.45) is 0 Å². The number of amides is 1. The minimum Gasteiger partial charge on any atom is -0.444 e. The molecule has 198 valence electrons. The first-order chi connectivity index (χ1) is 16.2. The number of unbranched alkanes of at least 4 members (excludes halogenated alkanes) is 1. The van der Waals surface area contributed by atoms with Gasteiger partial charge in [0.15, 0.2) is 0 Å². The van der Waals surface area contributed by atoms with E-state index in [2.05, 4.69) is 29.4 Å². The first-order valence-electron chi connectivity index (χ1n) is 14.0. The van der Waals surface area contributed by atoms with Crippen molar-refractivity contribution in [3.05, 3.63) is 0 Å². The van der Waals surface area contributed by atoms with Crippen molar-refractivity contribution >= 4 is 6.09 Å². The normalized spacial score (nSPS) is 24.2. The lowest BCUT2D eigenvalue weighted by Crippen LogP contribution is -2.59. The SMILES string of the molecule is CCCCC(CNC1CCOCC1)NC1CCN(C2(C)CCN(C(=O)OC(C)(C)C)CC2)CC1. The number of hydrogen-bond acceptors (Lipinski definition) is 6. The molecule has 0 aliphatic carbocycles. The lowest BCUT2D eigenvalue weighted by atomic mass is 9.85. The number of nitrogens with zero attached hydrogens (tertiary/aromatic N) is 2. The molecule has 0 saturated carbocycles. The molecule has 7 heteroatoms. The van der Waals surface area contributed by atoms with E-state index in [0.29, 0.717) is 18.1 Å². The van der Waals surface area contributed by atoms with Gasteiger partial charge in [0, 0.05) is 69.6 Å². The fourth-order valence-corrected chi connectivity index (χ4v) is 5.64. The summed E-state index contributed by atoms with van der Waals surface area (Å²) >= 11 is 0. The van der Waals surface area contributed by atoms with Crippen molar-refractivity contribution < 1.29 is 14.3 Å². The average Bonchev–Trinajstić information content (AvgIpc) is 2.81. The van der Waals surface area contributed by atoms with Crippen LogP contribution in [0.4, 0.5) is 4.79 Å². The predicted octanol–water partition coefficient (Wildman–Crippen LogP) is 4.16. The molecule has 0 aromatic rings. The summed E-state index contributed by atoms with van der Waals surface area (Å²) < 4.78 is 11.1. The van der Waals surface area contributed by atoms with E-state index < -0.39 is 5.60 Å². The van der Waals surface area contributed by atoms with E-state index in [0.717, 1.165) is 71.6 Å². The first-order valence-corrected chi connectivity index (χ1v) is 14.0. The number of hydrogen-bond donors (Lipinski definition) is 2. The summed E-state index contributed by atoms with van der Waals surface area (Å²) in [6, 6.07) is 1.79. The molecule has 0 bridgehead atoms. The second-order valence-corrected chi connectivity index (χ2v) is 12.0. The molecule has 2 N–H and O–H groups in total. The summed E-state index contributed by atoms with van der Waals surface area (Å²) in [7, 11) is 0. The van der Waals surface area contributed by atoms with E-state index in [4.69, 9.17) is 9.47 Å². The molecule has 3 aliphatic rings. The fraction of sp³-hybridized carbons (Fsp3) is 0.963. The van der Waals surface area contributed by atoms with Crippen molar-refractivity contribution in [3.8, 4) is 0 Å². The summed E-state index contributed by atoms with van der Waals surface area (Å²) in [5, 5.41) is 7.84. The van der Waals surface area contributed by atoms with Gasteiger partial charge in [-0.15, -0.1) is 0 Å². The van der Waals surface area contributed by atoms with Crippen LogP contribution < -0.4 is 10.6 Å². The van der Waals surface area contributed by atoms with Crippen LogP contribution in [0.3, 0.4) is 0 Å². The van der Waals surface area contributed by atoms with Gasteiger partial charge in [-0.05, 0) is 72.6 Å². The number of rotatable bonds is 9. The molecule has 34 heavy (non-hydrogen) atoms. The van der Waals surface area contributed by atoms with Crippen LogP contribution in [-0.2, 0) is 9.47 Å². The number of piperidine rings is 2. The van der Waals surface area contributed by atoms with Crippen LogP contribution in [0.25, 0.3) is 0 Å². The van der Waals surface area contributed by atoms with Crippen molar-refractivity contribution in [1.29, 1.82) is 0 Å². The Hall–Kier alpha value is -0.890. The van der Waals surface area contributed by atoms with Crippen molar-refractivity contribution in [2.75, 3.05) is 45.9 Å². The number of carbonyl (C=O) groups is 1. The number of carbonyl (C=O) groups excluding carboxylic acids is 1. The molecule has 1 amide bonds. The third-order valence-electron chi connectivity index (χ3n) is 8.00. The van der Waals surface area contributed by atoms with Crippen LogP contribution in [0.5, 0.6) is 0 Å². The van der Waals surface area contributed by atoms with Crippen molar-refractivity contribution in [3.63, 3.8) is 0 Å². The highest BCUT2D eigenvalue weighted by molar-refractivity contribution is 5.68. The summed E-state index contributed by atoms with van der Waals surface area (Å²) in [5.74, 6) is 0. The Bertz CT molecular complexity index is 601. The molecular formula is C27H52N4O3. The molecule has 3 heterocycles. The van der Waals surface area contributed by atoms with E-state index in [1.54, 1.807) is 0 Å². The fourth-order valence-electron chi connectivity index (χ4n) is 5.64. The van der Waals surface area contributed by atoms with Gasteiger partial charge in [0.05, 0.1) is 0 Å². The maximum absolute atomic E-state index is 12.4. The number of nitrogens with one attached hydrogen (secondary N) is 2. The minimum atomic E-state index is -0.429. The molecule has 7 nitrogen and oxygen atoms in total. The maximum atomic E-state index is 12.4. The molecule has 0 spiro atoms. The second kappa shape index (κ2) is 12.9. The quantitative estimate of drug-likeness (QED) is 0.517. The predicted molar refractivity (Wildman–Crippen MR) is 138 cm³/mol. The van der Waals surface area contributed by atoms with Gasteiger partial charge in [-0.2, -0.15) is 0 Å². The highest BCUT2D eigenvalue weighted by Gasteiger charge is 2.39. The van der Waals surface area contributed by atoms with Gasteiger partial charge in [-0.1, -0.05) is 19.8 Å². The van der Waals surface area contributed by atoms with Gasteiger partial charge in [0.2, 0.25) is 0 Å².